The lowest BCUT2D eigenvalue weighted by Crippen LogP contribution is -2.01. The number of pyridine rings is 1. The minimum absolute atomic E-state index is 0.452. The summed E-state index contributed by atoms with van der Waals surface area (Å²) in [5.74, 6) is 0. The third-order valence-electron chi connectivity index (χ3n) is 2.42. The molecule has 7 heteroatoms. The fraction of sp³-hybridized carbons (Fsp3) is 0.0909. The summed E-state index contributed by atoms with van der Waals surface area (Å²) in [6.07, 6.45) is 3.61. The molecule has 0 radical (unpaired) electrons. The molecule has 0 fully saturated rings. The van der Waals surface area contributed by atoms with Gasteiger partial charge in [0.05, 0.1) is 10.7 Å². The number of nitrogens with two attached hydrogens (primary N) is 1. The molecule has 0 aromatic carbocycles. The van der Waals surface area contributed by atoms with Crippen LogP contribution in [0, 0.1) is 0 Å². The Bertz CT molecular complexity index is 674. The average molecular weight is 297 g/mol. The number of nitrogens with zero attached hydrogens (tertiary/aromatic N) is 3. The van der Waals surface area contributed by atoms with E-state index in [-0.39, 0.29) is 0 Å². The number of imidazole rings is 1. The van der Waals surface area contributed by atoms with Gasteiger partial charge in [-0.1, -0.05) is 11.6 Å². The number of hydrogen-bond donors (Lipinski definition) is 1. The van der Waals surface area contributed by atoms with Crippen LogP contribution < -0.4 is 5.73 Å². The van der Waals surface area contributed by atoms with Crippen LogP contribution in [0.3, 0.4) is 0 Å². The van der Waals surface area contributed by atoms with Crippen molar-refractivity contribution in [3.8, 4) is 0 Å². The Morgan fingerprint density at radius 2 is 2.33 bits per heavy atom. The zero-order chi connectivity index (χ0) is 12.5. The van der Waals surface area contributed by atoms with Crippen molar-refractivity contribution >= 4 is 39.7 Å². The molecule has 3 aromatic rings. The van der Waals surface area contributed by atoms with Crippen LogP contribution in [0.1, 0.15) is 5.69 Å². The van der Waals surface area contributed by atoms with E-state index in [4.69, 9.17) is 17.3 Å². The molecule has 0 saturated heterocycles. The molecule has 3 aromatic heterocycles. The van der Waals surface area contributed by atoms with Gasteiger partial charge in [0, 0.05) is 24.3 Å². The third kappa shape index (κ3) is 2.12. The van der Waals surface area contributed by atoms with Gasteiger partial charge in [-0.2, -0.15) is 0 Å². The molecule has 0 atom stereocenters. The lowest BCUT2D eigenvalue weighted by molar-refractivity contribution is 0.923. The Morgan fingerprint density at radius 3 is 3.06 bits per heavy atom. The maximum absolute atomic E-state index is 5.81. The summed E-state index contributed by atoms with van der Waals surface area (Å²) in [5.41, 5.74) is 6.79. The van der Waals surface area contributed by atoms with Crippen molar-refractivity contribution in [2.75, 3.05) is 0 Å². The Balaban J connectivity index is 1.98. The van der Waals surface area contributed by atoms with Crippen LogP contribution in [0.25, 0.3) is 4.96 Å². The Labute approximate surface area is 117 Å². The van der Waals surface area contributed by atoms with Gasteiger partial charge in [0.15, 0.2) is 4.96 Å². The van der Waals surface area contributed by atoms with Gasteiger partial charge < -0.3 is 5.73 Å². The minimum atomic E-state index is 0.452. The molecule has 0 unspecified atom stereocenters. The summed E-state index contributed by atoms with van der Waals surface area (Å²) in [4.78, 5) is 9.75. The van der Waals surface area contributed by atoms with Gasteiger partial charge in [-0.3, -0.25) is 4.40 Å². The lowest BCUT2D eigenvalue weighted by Gasteiger charge is -2.00. The molecular formula is C11H9ClN4S2. The van der Waals surface area contributed by atoms with E-state index in [0.717, 1.165) is 20.7 Å². The van der Waals surface area contributed by atoms with Gasteiger partial charge in [-0.15, -0.1) is 11.3 Å². The zero-order valence-electron chi connectivity index (χ0n) is 9.21. The summed E-state index contributed by atoms with van der Waals surface area (Å²) in [6.45, 7) is 0.452. The van der Waals surface area contributed by atoms with E-state index >= 15 is 0 Å². The fourth-order valence-corrected chi connectivity index (χ4v) is 3.38. The minimum Gasteiger partial charge on any atom is -0.325 e. The maximum Gasteiger partial charge on any atom is 0.194 e. The Hall–Kier alpha value is -1.08. The first-order valence-electron chi connectivity index (χ1n) is 5.22. The van der Waals surface area contributed by atoms with Crippen LogP contribution in [-0.2, 0) is 6.54 Å². The quantitative estimate of drug-likeness (QED) is 0.807. The largest absolute Gasteiger partial charge is 0.325 e. The van der Waals surface area contributed by atoms with E-state index in [1.165, 1.54) is 11.8 Å². The van der Waals surface area contributed by atoms with E-state index in [9.17, 15) is 0 Å². The lowest BCUT2D eigenvalue weighted by atomic mass is 10.5. The predicted octanol–water partition coefficient (Wildman–Crippen LogP) is 3.05. The van der Waals surface area contributed by atoms with Crippen LogP contribution in [0.5, 0.6) is 0 Å². The Kier molecular flexibility index (Phi) is 3.25. The summed E-state index contributed by atoms with van der Waals surface area (Å²) in [6, 6.07) is 3.69. The van der Waals surface area contributed by atoms with E-state index in [1.807, 2.05) is 28.1 Å². The summed E-state index contributed by atoms with van der Waals surface area (Å²) < 4.78 is 2.02. The van der Waals surface area contributed by atoms with Crippen molar-refractivity contribution in [1.82, 2.24) is 14.4 Å². The van der Waals surface area contributed by atoms with Crippen molar-refractivity contribution in [3.05, 3.63) is 40.6 Å². The third-order valence-corrected chi connectivity index (χ3v) is 4.37. The second-order valence-electron chi connectivity index (χ2n) is 3.54. The topological polar surface area (TPSA) is 56.2 Å². The second-order valence-corrected chi connectivity index (χ2v) is 5.86. The van der Waals surface area contributed by atoms with Gasteiger partial charge in [0.2, 0.25) is 0 Å². The molecule has 0 aliphatic rings. The number of fused-ring (bicyclic) bond motifs is 1. The van der Waals surface area contributed by atoms with Crippen molar-refractivity contribution in [2.24, 2.45) is 5.73 Å². The highest BCUT2D eigenvalue weighted by atomic mass is 35.5. The molecule has 0 spiro atoms. The molecule has 92 valence electrons. The molecule has 0 bridgehead atoms. The van der Waals surface area contributed by atoms with Gasteiger partial charge in [0.25, 0.3) is 0 Å². The fourth-order valence-electron chi connectivity index (χ4n) is 1.60. The van der Waals surface area contributed by atoms with Crippen LogP contribution in [-0.4, -0.2) is 14.4 Å². The SMILES string of the molecule is NCc1c(Sc2ccc(Cl)cn2)nc2sccn12. The number of thiazole rings is 1. The summed E-state index contributed by atoms with van der Waals surface area (Å²) in [7, 11) is 0. The van der Waals surface area contributed by atoms with Crippen LogP contribution in [0.2, 0.25) is 5.02 Å². The highest BCUT2D eigenvalue weighted by molar-refractivity contribution is 7.99. The molecule has 0 amide bonds. The molecular weight excluding hydrogens is 288 g/mol. The second kappa shape index (κ2) is 4.89. The smallest absolute Gasteiger partial charge is 0.194 e. The molecule has 3 rings (SSSR count). The molecule has 18 heavy (non-hydrogen) atoms. The highest BCUT2D eigenvalue weighted by Gasteiger charge is 2.13. The van der Waals surface area contributed by atoms with Gasteiger partial charge in [0.1, 0.15) is 10.1 Å². The van der Waals surface area contributed by atoms with Crippen LogP contribution in [0.4, 0.5) is 0 Å². The predicted molar refractivity (Wildman–Crippen MR) is 74.3 cm³/mol. The number of hydrogen-bond acceptors (Lipinski definition) is 5. The van der Waals surface area contributed by atoms with E-state index in [0.29, 0.717) is 11.6 Å². The van der Waals surface area contributed by atoms with E-state index in [2.05, 4.69) is 9.97 Å². The van der Waals surface area contributed by atoms with Gasteiger partial charge in [-0.25, -0.2) is 9.97 Å². The number of halogens is 1. The van der Waals surface area contributed by atoms with Gasteiger partial charge >= 0.3 is 0 Å². The molecule has 3 heterocycles. The molecule has 0 aliphatic carbocycles. The monoisotopic (exact) mass is 296 g/mol. The first kappa shape index (κ1) is 12.0. The van der Waals surface area contributed by atoms with E-state index < -0.39 is 0 Å². The average Bonchev–Trinajstić information content (AvgIpc) is 2.92. The Morgan fingerprint density at radius 1 is 1.44 bits per heavy atom. The molecule has 0 saturated carbocycles. The van der Waals surface area contributed by atoms with Crippen molar-refractivity contribution in [2.45, 2.75) is 16.6 Å². The standard InChI is InChI=1S/C11H9ClN4S2/c12-7-1-2-9(14-6-7)18-10-8(5-13)16-3-4-17-11(16)15-10/h1-4,6H,5,13H2. The maximum atomic E-state index is 5.81. The number of aromatic nitrogens is 3. The molecule has 2 N–H and O–H groups in total. The summed E-state index contributed by atoms with van der Waals surface area (Å²) >= 11 is 8.91. The number of rotatable bonds is 3. The van der Waals surface area contributed by atoms with Crippen molar-refractivity contribution < 1.29 is 0 Å². The van der Waals surface area contributed by atoms with Crippen molar-refractivity contribution in [3.63, 3.8) is 0 Å². The molecule has 0 aliphatic heterocycles. The normalized spacial score (nSPS) is 11.2. The summed E-state index contributed by atoms with van der Waals surface area (Å²) in [5, 5.41) is 4.39. The molecule has 4 nitrogen and oxygen atoms in total. The van der Waals surface area contributed by atoms with Crippen molar-refractivity contribution in [1.29, 1.82) is 0 Å². The highest BCUT2D eigenvalue weighted by Crippen LogP contribution is 2.30. The first-order chi connectivity index (χ1) is 8.78. The first-order valence-corrected chi connectivity index (χ1v) is 7.29. The van der Waals surface area contributed by atoms with Gasteiger partial charge in [-0.05, 0) is 23.9 Å². The van der Waals surface area contributed by atoms with E-state index in [1.54, 1.807) is 17.5 Å². The zero-order valence-corrected chi connectivity index (χ0v) is 11.6. The van der Waals surface area contributed by atoms with Crippen LogP contribution in [0.15, 0.2) is 40.0 Å². The van der Waals surface area contributed by atoms with Crippen LogP contribution >= 0.6 is 34.7 Å².